The molecule has 2 nitrogen and oxygen atoms in total. The third-order valence-corrected chi connectivity index (χ3v) is 4.45. The van der Waals surface area contributed by atoms with Crippen molar-refractivity contribution in [2.75, 3.05) is 6.61 Å². The lowest BCUT2D eigenvalue weighted by Gasteiger charge is -2.30. The highest BCUT2D eigenvalue weighted by Crippen LogP contribution is 2.43. The van der Waals surface area contributed by atoms with Gasteiger partial charge in [0.1, 0.15) is 0 Å². The normalized spacial score (nSPS) is 18.5. The van der Waals surface area contributed by atoms with Crippen LogP contribution in [0.3, 0.4) is 0 Å². The van der Waals surface area contributed by atoms with E-state index in [9.17, 15) is 8.78 Å². The van der Waals surface area contributed by atoms with Gasteiger partial charge in [-0.1, -0.05) is 40.0 Å². The van der Waals surface area contributed by atoms with Gasteiger partial charge in [0.15, 0.2) is 11.5 Å². The Labute approximate surface area is 144 Å². The molecule has 136 valence electrons. The van der Waals surface area contributed by atoms with Crippen LogP contribution in [-0.4, -0.2) is 12.7 Å². The second-order valence-electron chi connectivity index (χ2n) is 6.68. The highest BCUT2D eigenvalue weighted by atomic mass is 19.2. The molecule has 0 saturated carbocycles. The molecular weight excluding hydrogens is 310 g/mol. The molecule has 4 heteroatoms. The van der Waals surface area contributed by atoms with E-state index in [1.165, 1.54) is 6.42 Å². The van der Waals surface area contributed by atoms with Gasteiger partial charge in [0, 0.05) is 11.1 Å². The van der Waals surface area contributed by atoms with Crippen molar-refractivity contribution in [2.45, 2.75) is 84.7 Å². The first-order valence-corrected chi connectivity index (χ1v) is 9.46. The van der Waals surface area contributed by atoms with Gasteiger partial charge in [-0.25, -0.2) is 0 Å². The first-order valence-electron chi connectivity index (χ1n) is 9.46. The fourth-order valence-corrected chi connectivity index (χ4v) is 3.32. The van der Waals surface area contributed by atoms with E-state index in [0.717, 1.165) is 62.5 Å². The summed E-state index contributed by atoms with van der Waals surface area (Å²) in [5.41, 5.74) is 1.65. The van der Waals surface area contributed by atoms with Crippen LogP contribution in [0, 0.1) is 11.6 Å². The molecule has 1 aromatic rings. The fourth-order valence-electron chi connectivity index (χ4n) is 3.32. The SMILES string of the molecule is CCC.CCCCCC1CCc2c3c(c(F)c(F)c2O1)OCCC3. The monoisotopic (exact) mass is 340 g/mol. The number of halogens is 2. The second-order valence-corrected chi connectivity index (χ2v) is 6.68. The second kappa shape index (κ2) is 9.24. The van der Waals surface area contributed by atoms with Gasteiger partial charge in [-0.3, -0.25) is 0 Å². The Morgan fingerprint density at radius 2 is 1.62 bits per heavy atom. The lowest BCUT2D eigenvalue weighted by Crippen LogP contribution is -2.26. The third kappa shape index (κ3) is 4.20. The average Bonchev–Trinajstić information content (AvgIpc) is 2.60. The third-order valence-electron chi connectivity index (χ3n) is 4.45. The molecule has 0 aromatic heterocycles. The molecule has 2 aliphatic rings. The zero-order valence-corrected chi connectivity index (χ0v) is 15.2. The summed E-state index contributed by atoms with van der Waals surface area (Å²) in [6.45, 7) is 6.86. The molecule has 0 aliphatic carbocycles. The van der Waals surface area contributed by atoms with E-state index in [1.807, 2.05) is 0 Å². The number of unbranched alkanes of at least 4 members (excludes halogenated alkanes) is 2. The molecule has 0 N–H and O–H groups in total. The van der Waals surface area contributed by atoms with Crippen molar-refractivity contribution in [3.63, 3.8) is 0 Å². The Morgan fingerprint density at radius 1 is 0.958 bits per heavy atom. The topological polar surface area (TPSA) is 18.5 Å². The quantitative estimate of drug-likeness (QED) is 0.628. The van der Waals surface area contributed by atoms with Crippen molar-refractivity contribution in [3.05, 3.63) is 22.8 Å². The van der Waals surface area contributed by atoms with Crippen LogP contribution in [-0.2, 0) is 12.8 Å². The van der Waals surface area contributed by atoms with Crippen molar-refractivity contribution < 1.29 is 18.3 Å². The predicted molar refractivity (Wildman–Crippen MR) is 93.0 cm³/mol. The van der Waals surface area contributed by atoms with Crippen LogP contribution in [0.4, 0.5) is 8.78 Å². The summed E-state index contributed by atoms with van der Waals surface area (Å²) in [4.78, 5) is 0. The lowest BCUT2D eigenvalue weighted by atomic mass is 9.91. The molecule has 0 amide bonds. The molecule has 0 saturated heterocycles. The fraction of sp³-hybridized carbons (Fsp3) is 0.700. The maximum absolute atomic E-state index is 14.3. The molecule has 3 rings (SSSR count). The van der Waals surface area contributed by atoms with E-state index in [-0.39, 0.29) is 17.6 Å². The summed E-state index contributed by atoms with van der Waals surface area (Å²) >= 11 is 0. The first kappa shape index (κ1) is 19.0. The van der Waals surface area contributed by atoms with Gasteiger partial charge in [-0.2, -0.15) is 8.78 Å². The van der Waals surface area contributed by atoms with Gasteiger partial charge in [0.05, 0.1) is 12.7 Å². The van der Waals surface area contributed by atoms with Gasteiger partial charge in [-0.15, -0.1) is 0 Å². The number of hydrogen-bond acceptors (Lipinski definition) is 2. The lowest BCUT2D eigenvalue weighted by molar-refractivity contribution is 0.147. The molecule has 2 heterocycles. The number of rotatable bonds is 4. The maximum Gasteiger partial charge on any atom is 0.204 e. The molecule has 0 spiro atoms. The molecule has 2 aliphatic heterocycles. The first-order chi connectivity index (χ1) is 11.6. The van der Waals surface area contributed by atoms with Gasteiger partial charge in [0.25, 0.3) is 0 Å². The highest BCUT2D eigenvalue weighted by Gasteiger charge is 2.32. The predicted octanol–water partition coefficient (Wildman–Crippen LogP) is 5.98. The largest absolute Gasteiger partial charge is 0.490 e. The Kier molecular flexibility index (Phi) is 7.32. The van der Waals surface area contributed by atoms with Crippen LogP contribution in [0.5, 0.6) is 11.5 Å². The van der Waals surface area contributed by atoms with Crippen molar-refractivity contribution >= 4 is 0 Å². The standard InChI is InChI=1S/C17H22F2O2.C3H8/c1-2-3-4-6-11-8-9-13-12-7-5-10-20-16(12)14(18)15(19)17(13)21-11;1-3-2/h11H,2-10H2,1H3;3H2,1-2H3. The maximum atomic E-state index is 14.3. The number of hydrogen-bond donors (Lipinski definition) is 0. The average molecular weight is 340 g/mol. The Morgan fingerprint density at radius 3 is 2.33 bits per heavy atom. The minimum atomic E-state index is -0.877. The van der Waals surface area contributed by atoms with E-state index in [2.05, 4.69) is 20.8 Å². The molecule has 1 aromatic carbocycles. The summed E-state index contributed by atoms with van der Waals surface area (Å²) in [5, 5.41) is 0. The van der Waals surface area contributed by atoms with Crippen LogP contribution in [0.2, 0.25) is 0 Å². The van der Waals surface area contributed by atoms with Gasteiger partial charge in [-0.05, 0) is 38.5 Å². The zero-order valence-electron chi connectivity index (χ0n) is 15.2. The number of benzene rings is 1. The van der Waals surface area contributed by atoms with E-state index < -0.39 is 11.6 Å². The van der Waals surface area contributed by atoms with Crippen LogP contribution < -0.4 is 9.47 Å². The van der Waals surface area contributed by atoms with Gasteiger partial charge >= 0.3 is 0 Å². The Bertz CT molecular complexity index is 543. The van der Waals surface area contributed by atoms with Crippen molar-refractivity contribution in [2.24, 2.45) is 0 Å². The van der Waals surface area contributed by atoms with Crippen LogP contribution >= 0.6 is 0 Å². The minimum Gasteiger partial charge on any atom is -0.490 e. The smallest absolute Gasteiger partial charge is 0.204 e. The Hall–Kier alpha value is -1.32. The zero-order chi connectivity index (χ0) is 17.5. The molecular formula is C20H30F2O2. The highest BCUT2D eigenvalue weighted by molar-refractivity contribution is 5.52. The van der Waals surface area contributed by atoms with Crippen molar-refractivity contribution in [3.8, 4) is 11.5 Å². The van der Waals surface area contributed by atoms with Crippen LogP contribution in [0.1, 0.15) is 76.8 Å². The summed E-state index contributed by atoms with van der Waals surface area (Å²) in [6.07, 6.45) is 8.81. The van der Waals surface area contributed by atoms with Crippen LogP contribution in [0.15, 0.2) is 0 Å². The van der Waals surface area contributed by atoms with Crippen molar-refractivity contribution in [1.29, 1.82) is 0 Å². The molecule has 0 radical (unpaired) electrons. The number of ether oxygens (including phenoxy) is 2. The summed E-state index contributed by atoms with van der Waals surface area (Å²) in [6, 6.07) is 0. The van der Waals surface area contributed by atoms with E-state index in [0.29, 0.717) is 6.61 Å². The minimum absolute atomic E-state index is 0.0144. The molecule has 1 atom stereocenters. The Balaban J connectivity index is 0.000000647. The summed E-state index contributed by atoms with van der Waals surface area (Å²) in [7, 11) is 0. The van der Waals surface area contributed by atoms with Gasteiger partial charge in [0.2, 0.25) is 11.6 Å². The summed E-state index contributed by atoms with van der Waals surface area (Å²) in [5.74, 6) is -1.49. The van der Waals surface area contributed by atoms with Gasteiger partial charge < -0.3 is 9.47 Å². The molecule has 1 unspecified atom stereocenters. The van der Waals surface area contributed by atoms with Crippen molar-refractivity contribution in [1.82, 2.24) is 0 Å². The molecule has 0 fully saturated rings. The number of fused-ring (bicyclic) bond motifs is 3. The van der Waals surface area contributed by atoms with E-state index in [1.54, 1.807) is 0 Å². The van der Waals surface area contributed by atoms with E-state index >= 15 is 0 Å². The summed E-state index contributed by atoms with van der Waals surface area (Å²) < 4.78 is 39.5. The molecule has 24 heavy (non-hydrogen) atoms. The van der Waals surface area contributed by atoms with Crippen LogP contribution in [0.25, 0.3) is 0 Å². The molecule has 0 bridgehead atoms. The van der Waals surface area contributed by atoms with E-state index in [4.69, 9.17) is 9.47 Å².